The molecule has 0 aliphatic rings. The fraction of sp³-hybridized carbons (Fsp3) is 0. The number of hydrogen-bond donors (Lipinski definition) is 2. The molecule has 2 aromatic carbocycles. The summed E-state index contributed by atoms with van der Waals surface area (Å²) in [7, 11) is 0. The van der Waals surface area contributed by atoms with Crippen LogP contribution in [0.4, 0.5) is 22.2 Å². The molecule has 3 rings (SSSR count). The van der Waals surface area contributed by atoms with Crippen LogP contribution >= 0.6 is 11.3 Å². The summed E-state index contributed by atoms with van der Waals surface area (Å²) in [4.78, 5) is 30.3. The number of benzene rings is 2. The first-order valence-electron chi connectivity index (χ1n) is 7.10. The Bertz CT molecular complexity index is 833. The molecule has 3 aromatic rings. The van der Waals surface area contributed by atoms with Crippen molar-refractivity contribution in [2.45, 2.75) is 0 Å². The van der Waals surface area contributed by atoms with Gasteiger partial charge in [0.25, 0.3) is 0 Å². The fourth-order valence-electron chi connectivity index (χ4n) is 2.12. The normalized spacial score (nSPS) is 10.2. The van der Waals surface area contributed by atoms with Crippen LogP contribution in [0.15, 0.2) is 66.2 Å². The van der Waals surface area contributed by atoms with E-state index in [0.29, 0.717) is 22.2 Å². The first kappa shape index (κ1) is 15.7. The molecule has 0 aliphatic heterocycles. The maximum Gasteiger partial charge on any atom is 0.321 e. The monoisotopic (exact) mass is 338 g/mol. The zero-order valence-electron chi connectivity index (χ0n) is 12.5. The van der Waals surface area contributed by atoms with Crippen LogP contribution in [-0.4, -0.2) is 16.8 Å². The molecule has 2 amide bonds. The van der Waals surface area contributed by atoms with Crippen molar-refractivity contribution in [3.05, 3.63) is 66.2 Å². The summed E-state index contributed by atoms with van der Waals surface area (Å²) in [6.45, 7) is 0. The zero-order chi connectivity index (χ0) is 16.9. The Morgan fingerprint density at radius 3 is 2.29 bits per heavy atom. The Balaban J connectivity index is 1.93. The Hall–Kier alpha value is -3.19. The van der Waals surface area contributed by atoms with Crippen molar-refractivity contribution in [2.75, 3.05) is 16.0 Å². The molecule has 0 radical (unpaired) electrons. The second-order valence-electron chi connectivity index (χ2n) is 4.86. The highest BCUT2D eigenvalue weighted by Crippen LogP contribution is 2.26. The molecule has 3 N–H and O–H groups in total. The van der Waals surface area contributed by atoms with Crippen LogP contribution in [0.5, 0.6) is 0 Å². The Morgan fingerprint density at radius 1 is 1.00 bits per heavy atom. The molecule has 0 bridgehead atoms. The molecular formula is C17H14N4O2S. The number of carbonyl (C=O) groups excluding carboxylic acids is 2. The third kappa shape index (κ3) is 3.41. The number of nitrogen functional groups attached to an aromatic ring is 1. The smallest absolute Gasteiger partial charge is 0.321 e. The minimum absolute atomic E-state index is 0.374. The summed E-state index contributed by atoms with van der Waals surface area (Å²) >= 11 is 1.24. The second kappa shape index (κ2) is 6.93. The number of nitrogens with two attached hydrogens (primary N) is 1. The number of hydrogen-bond acceptors (Lipinski definition) is 5. The van der Waals surface area contributed by atoms with Crippen LogP contribution < -0.4 is 16.0 Å². The van der Waals surface area contributed by atoms with Crippen molar-refractivity contribution < 1.29 is 9.59 Å². The van der Waals surface area contributed by atoms with E-state index in [0.717, 1.165) is 0 Å². The molecule has 0 fully saturated rings. The van der Waals surface area contributed by atoms with Gasteiger partial charge in [0, 0.05) is 28.6 Å². The number of amides is 2. The van der Waals surface area contributed by atoms with Crippen molar-refractivity contribution in [2.24, 2.45) is 0 Å². The molecule has 1 aromatic heterocycles. The topological polar surface area (TPSA) is 88.3 Å². The van der Waals surface area contributed by atoms with Gasteiger partial charge in [-0.3, -0.25) is 19.8 Å². The van der Waals surface area contributed by atoms with Gasteiger partial charge in [0.05, 0.1) is 0 Å². The van der Waals surface area contributed by atoms with E-state index in [9.17, 15) is 9.59 Å². The molecule has 0 aliphatic carbocycles. The van der Waals surface area contributed by atoms with Crippen LogP contribution in [-0.2, 0) is 9.59 Å². The predicted molar refractivity (Wildman–Crippen MR) is 95.2 cm³/mol. The van der Waals surface area contributed by atoms with Crippen molar-refractivity contribution in [3.63, 3.8) is 0 Å². The molecule has 1 heterocycles. The van der Waals surface area contributed by atoms with Crippen molar-refractivity contribution in [3.8, 4) is 0 Å². The minimum Gasteiger partial charge on any atom is -0.399 e. The Labute approximate surface area is 142 Å². The average Bonchev–Trinajstić information content (AvgIpc) is 3.10. The summed E-state index contributed by atoms with van der Waals surface area (Å²) in [6, 6.07) is 15.7. The minimum atomic E-state index is -0.759. The van der Waals surface area contributed by atoms with Gasteiger partial charge in [0.15, 0.2) is 5.13 Å². The molecule has 0 saturated heterocycles. The summed E-state index contributed by atoms with van der Waals surface area (Å²) in [6.07, 6.45) is 1.56. The molecule has 0 spiro atoms. The van der Waals surface area contributed by atoms with E-state index >= 15 is 0 Å². The summed E-state index contributed by atoms with van der Waals surface area (Å²) in [5.41, 5.74) is 7.41. The van der Waals surface area contributed by atoms with E-state index in [1.54, 1.807) is 60.1 Å². The van der Waals surface area contributed by atoms with Gasteiger partial charge in [-0.2, -0.15) is 0 Å². The van der Waals surface area contributed by atoms with Crippen LogP contribution in [0.3, 0.4) is 0 Å². The lowest BCUT2D eigenvalue weighted by Gasteiger charge is -2.22. The van der Waals surface area contributed by atoms with E-state index in [1.165, 1.54) is 16.2 Å². The third-order valence-electron chi connectivity index (χ3n) is 3.22. The highest BCUT2D eigenvalue weighted by Gasteiger charge is 2.25. The van der Waals surface area contributed by atoms with E-state index in [-0.39, 0.29) is 0 Å². The highest BCUT2D eigenvalue weighted by molar-refractivity contribution is 7.13. The molecule has 0 atom stereocenters. The maximum atomic E-state index is 12.7. The van der Waals surface area contributed by atoms with Gasteiger partial charge in [-0.05, 0) is 36.4 Å². The number of nitrogens with zero attached hydrogens (tertiary/aromatic N) is 2. The van der Waals surface area contributed by atoms with E-state index in [2.05, 4.69) is 10.3 Å². The van der Waals surface area contributed by atoms with Crippen LogP contribution in [0.1, 0.15) is 0 Å². The zero-order valence-corrected chi connectivity index (χ0v) is 13.4. The van der Waals surface area contributed by atoms with Gasteiger partial charge in [-0.1, -0.05) is 18.2 Å². The van der Waals surface area contributed by atoms with E-state index < -0.39 is 11.8 Å². The molecule has 6 nitrogen and oxygen atoms in total. The highest BCUT2D eigenvalue weighted by atomic mass is 32.1. The number of para-hydroxylation sites is 1. The lowest BCUT2D eigenvalue weighted by molar-refractivity contribution is -0.134. The number of carbonyl (C=O) groups is 2. The SMILES string of the molecule is Nc1ccc(N(C(=O)C(=O)Nc2nccs2)c2ccccc2)cc1. The van der Waals surface area contributed by atoms with E-state index in [1.807, 2.05) is 6.07 Å². The Kier molecular flexibility index (Phi) is 4.53. The molecular weight excluding hydrogens is 324 g/mol. The molecule has 120 valence electrons. The van der Waals surface area contributed by atoms with Crippen molar-refractivity contribution in [1.82, 2.24) is 4.98 Å². The summed E-state index contributed by atoms with van der Waals surface area (Å²) < 4.78 is 0. The van der Waals surface area contributed by atoms with Gasteiger partial charge >= 0.3 is 11.8 Å². The van der Waals surface area contributed by atoms with Gasteiger partial charge in [-0.25, -0.2) is 4.98 Å². The number of nitrogens with one attached hydrogen (secondary N) is 1. The average molecular weight is 338 g/mol. The fourth-order valence-corrected chi connectivity index (χ4v) is 2.65. The Morgan fingerprint density at radius 2 is 1.67 bits per heavy atom. The lowest BCUT2D eigenvalue weighted by Crippen LogP contribution is -2.36. The first-order valence-corrected chi connectivity index (χ1v) is 7.98. The van der Waals surface area contributed by atoms with Crippen LogP contribution in [0.25, 0.3) is 0 Å². The largest absolute Gasteiger partial charge is 0.399 e. The second-order valence-corrected chi connectivity index (χ2v) is 5.75. The predicted octanol–water partition coefficient (Wildman–Crippen LogP) is 3.03. The third-order valence-corrected chi connectivity index (χ3v) is 3.90. The van der Waals surface area contributed by atoms with Crippen LogP contribution in [0.2, 0.25) is 0 Å². The first-order chi connectivity index (χ1) is 11.6. The van der Waals surface area contributed by atoms with Crippen molar-refractivity contribution in [1.29, 1.82) is 0 Å². The summed E-state index contributed by atoms with van der Waals surface area (Å²) in [5.74, 6) is -1.47. The maximum absolute atomic E-state index is 12.7. The van der Waals surface area contributed by atoms with E-state index in [4.69, 9.17) is 5.73 Å². The number of anilines is 4. The number of rotatable bonds is 3. The van der Waals surface area contributed by atoms with Gasteiger partial charge < -0.3 is 5.73 Å². The standard InChI is InChI=1S/C17H14N4O2S/c18-12-6-8-14(9-7-12)21(13-4-2-1-3-5-13)16(23)15(22)20-17-19-10-11-24-17/h1-11H,18H2,(H,19,20,22). The molecule has 0 saturated carbocycles. The van der Waals surface area contributed by atoms with Gasteiger partial charge in [0.2, 0.25) is 0 Å². The molecule has 7 heteroatoms. The van der Waals surface area contributed by atoms with Gasteiger partial charge in [-0.15, -0.1) is 11.3 Å². The van der Waals surface area contributed by atoms with Gasteiger partial charge in [0.1, 0.15) is 0 Å². The lowest BCUT2D eigenvalue weighted by atomic mass is 10.2. The molecule has 0 unspecified atom stereocenters. The van der Waals surface area contributed by atoms with Crippen LogP contribution in [0, 0.1) is 0 Å². The quantitative estimate of drug-likeness (QED) is 0.567. The molecule has 24 heavy (non-hydrogen) atoms. The number of aromatic nitrogens is 1. The number of thiazole rings is 1. The summed E-state index contributed by atoms with van der Waals surface area (Å²) in [5, 5.41) is 4.60. The van der Waals surface area contributed by atoms with Crippen molar-refractivity contribution >= 4 is 45.3 Å².